The molecule has 206 valence electrons. The fourth-order valence-corrected chi connectivity index (χ4v) is 4.69. The first-order valence-corrected chi connectivity index (χ1v) is 13.6. The Hall–Kier alpha value is -3.65. The first kappa shape index (κ1) is 29.3. The number of rotatable bonds is 10. The van der Waals surface area contributed by atoms with Gasteiger partial charge in [-0.15, -0.1) is 0 Å². The number of nitrogens with one attached hydrogen (secondary N) is 2. The summed E-state index contributed by atoms with van der Waals surface area (Å²) in [4.78, 5) is 28.1. The summed E-state index contributed by atoms with van der Waals surface area (Å²) >= 11 is 18.5. The summed E-state index contributed by atoms with van der Waals surface area (Å²) in [5.74, 6) is -1.21. The number of anilines is 1. The van der Waals surface area contributed by atoms with E-state index in [1.165, 1.54) is 6.07 Å². The highest BCUT2D eigenvalue weighted by molar-refractivity contribution is 6.36. The maximum absolute atomic E-state index is 15.0. The number of pyridine rings is 1. The molecule has 4 aromatic rings. The first-order valence-electron chi connectivity index (χ1n) is 12.4. The van der Waals surface area contributed by atoms with Gasteiger partial charge in [0.25, 0.3) is 5.91 Å². The molecule has 0 radical (unpaired) electrons. The number of halogens is 4. The third kappa shape index (κ3) is 7.50. The van der Waals surface area contributed by atoms with Crippen LogP contribution in [0, 0.1) is 5.82 Å². The molecule has 2 N–H and O–H groups in total. The number of esters is 1. The van der Waals surface area contributed by atoms with E-state index in [2.05, 4.69) is 15.6 Å². The molecule has 0 fully saturated rings. The molecule has 6 nitrogen and oxygen atoms in total. The van der Waals surface area contributed by atoms with Crippen LogP contribution < -0.4 is 10.6 Å². The Kier molecular flexibility index (Phi) is 9.98. The number of amides is 1. The molecular weight excluding hydrogens is 576 g/mol. The van der Waals surface area contributed by atoms with Crippen LogP contribution >= 0.6 is 34.8 Å². The number of ether oxygens (including phenoxy) is 1. The third-order valence-electron chi connectivity index (χ3n) is 5.98. The molecule has 0 atom stereocenters. The molecule has 0 aliphatic carbocycles. The van der Waals surface area contributed by atoms with Crippen LogP contribution in [-0.4, -0.2) is 30.0 Å². The minimum Gasteiger partial charge on any atom is -0.466 e. The van der Waals surface area contributed by atoms with E-state index in [9.17, 15) is 9.59 Å². The van der Waals surface area contributed by atoms with Crippen molar-refractivity contribution in [1.82, 2.24) is 10.3 Å². The number of hydrogen-bond donors (Lipinski definition) is 2. The normalized spacial score (nSPS) is 10.7. The zero-order chi connectivity index (χ0) is 28.6. The van der Waals surface area contributed by atoms with Crippen molar-refractivity contribution in [3.63, 3.8) is 0 Å². The number of hydrogen-bond acceptors (Lipinski definition) is 5. The van der Waals surface area contributed by atoms with Gasteiger partial charge in [-0.05, 0) is 66.1 Å². The van der Waals surface area contributed by atoms with Gasteiger partial charge in [0.15, 0.2) is 0 Å². The summed E-state index contributed by atoms with van der Waals surface area (Å²) in [7, 11) is 0. The number of carbonyl (C=O) groups excluding carboxylic acids is 2. The molecule has 40 heavy (non-hydrogen) atoms. The maximum atomic E-state index is 15.0. The molecule has 1 aromatic heterocycles. The zero-order valence-electron chi connectivity index (χ0n) is 21.4. The van der Waals surface area contributed by atoms with Crippen molar-refractivity contribution in [1.29, 1.82) is 0 Å². The van der Waals surface area contributed by atoms with Crippen molar-refractivity contribution in [2.24, 2.45) is 0 Å². The van der Waals surface area contributed by atoms with Gasteiger partial charge in [-0.25, -0.2) is 4.39 Å². The van der Waals surface area contributed by atoms with Gasteiger partial charge in [0, 0.05) is 45.5 Å². The lowest BCUT2D eigenvalue weighted by molar-refractivity contribution is -0.142. The standard InChI is InChI=1S/C30H25Cl3FN3O3/c1-2-40-29(38)11-12-35-30(39)28-10-5-20(17-37-28)24-14-21(31)6-3-19(24)16-36-27-9-4-18(13-26(27)34)23-8-7-22(32)15-25(23)33/h3-10,13-15,17,36H,2,11-12,16H2,1H3,(H,35,39). The van der Waals surface area contributed by atoms with Gasteiger partial charge in [-0.3, -0.25) is 14.6 Å². The van der Waals surface area contributed by atoms with Crippen molar-refractivity contribution >= 4 is 52.4 Å². The van der Waals surface area contributed by atoms with Gasteiger partial charge in [-0.1, -0.05) is 59.1 Å². The minimum atomic E-state index is -0.431. The van der Waals surface area contributed by atoms with Crippen LogP contribution in [0.1, 0.15) is 29.4 Å². The molecule has 0 bridgehead atoms. The summed E-state index contributed by atoms with van der Waals surface area (Å²) in [6.45, 7) is 2.46. The van der Waals surface area contributed by atoms with Crippen LogP contribution in [0.3, 0.4) is 0 Å². The highest BCUT2D eigenvalue weighted by Crippen LogP contribution is 2.33. The zero-order valence-corrected chi connectivity index (χ0v) is 23.7. The molecule has 0 aliphatic heterocycles. The van der Waals surface area contributed by atoms with Crippen molar-refractivity contribution in [2.75, 3.05) is 18.5 Å². The Bertz CT molecular complexity index is 1530. The van der Waals surface area contributed by atoms with Gasteiger partial charge in [0.1, 0.15) is 11.5 Å². The van der Waals surface area contributed by atoms with Crippen molar-refractivity contribution in [2.45, 2.75) is 19.9 Å². The van der Waals surface area contributed by atoms with Crippen LogP contribution in [0.4, 0.5) is 10.1 Å². The van der Waals surface area contributed by atoms with Crippen LogP contribution in [0.25, 0.3) is 22.3 Å². The molecular formula is C30H25Cl3FN3O3. The molecule has 1 heterocycles. The lowest BCUT2D eigenvalue weighted by Gasteiger charge is -2.14. The number of benzene rings is 3. The van der Waals surface area contributed by atoms with Crippen LogP contribution in [0.2, 0.25) is 15.1 Å². The summed E-state index contributed by atoms with van der Waals surface area (Å²) in [5, 5.41) is 7.25. The van der Waals surface area contributed by atoms with E-state index in [1.807, 2.05) is 6.07 Å². The second kappa shape index (κ2) is 13.6. The molecule has 0 unspecified atom stereocenters. The lowest BCUT2D eigenvalue weighted by atomic mass is 10.0. The largest absolute Gasteiger partial charge is 0.466 e. The van der Waals surface area contributed by atoms with E-state index in [4.69, 9.17) is 39.5 Å². The number of carbonyl (C=O) groups is 2. The van der Waals surface area contributed by atoms with Gasteiger partial charge < -0.3 is 15.4 Å². The number of aromatic nitrogens is 1. The van der Waals surface area contributed by atoms with E-state index in [0.717, 1.165) is 16.7 Å². The van der Waals surface area contributed by atoms with Gasteiger partial charge in [-0.2, -0.15) is 0 Å². The molecule has 0 aliphatic rings. The first-order chi connectivity index (χ1) is 19.2. The van der Waals surface area contributed by atoms with E-state index in [0.29, 0.717) is 38.4 Å². The Morgan fingerprint density at radius 3 is 2.35 bits per heavy atom. The van der Waals surface area contributed by atoms with E-state index in [-0.39, 0.29) is 31.2 Å². The van der Waals surface area contributed by atoms with Crippen molar-refractivity contribution < 1.29 is 18.7 Å². The minimum absolute atomic E-state index is 0.0781. The second-order valence-corrected chi connectivity index (χ2v) is 10.00. The third-order valence-corrected chi connectivity index (χ3v) is 6.76. The highest BCUT2D eigenvalue weighted by atomic mass is 35.5. The van der Waals surface area contributed by atoms with Crippen molar-refractivity contribution in [3.8, 4) is 22.3 Å². The highest BCUT2D eigenvalue weighted by Gasteiger charge is 2.13. The van der Waals surface area contributed by atoms with E-state index >= 15 is 4.39 Å². The van der Waals surface area contributed by atoms with Gasteiger partial charge in [0.2, 0.25) is 0 Å². The summed E-state index contributed by atoms with van der Waals surface area (Å²) < 4.78 is 19.9. The average Bonchev–Trinajstić information content (AvgIpc) is 2.93. The molecule has 1 amide bonds. The Balaban J connectivity index is 1.46. The molecule has 4 rings (SSSR count). The van der Waals surface area contributed by atoms with Gasteiger partial charge in [0.05, 0.1) is 18.7 Å². The fourth-order valence-electron chi connectivity index (χ4n) is 4.00. The quantitative estimate of drug-likeness (QED) is 0.182. The predicted molar refractivity (Wildman–Crippen MR) is 157 cm³/mol. The Morgan fingerprint density at radius 1 is 0.900 bits per heavy atom. The lowest BCUT2D eigenvalue weighted by Crippen LogP contribution is -2.27. The van der Waals surface area contributed by atoms with E-state index in [1.54, 1.807) is 67.7 Å². The molecule has 0 spiro atoms. The van der Waals surface area contributed by atoms with Gasteiger partial charge >= 0.3 is 5.97 Å². The molecule has 3 aromatic carbocycles. The number of nitrogens with zero attached hydrogens (tertiary/aromatic N) is 1. The maximum Gasteiger partial charge on any atom is 0.307 e. The summed E-state index contributed by atoms with van der Waals surface area (Å²) in [6.07, 6.45) is 1.65. The topological polar surface area (TPSA) is 80.3 Å². The molecule has 0 saturated heterocycles. The summed E-state index contributed by atoms with van der Waals surface area (Å²) in [5.41, 5.74) is 4.21. The Labute approximate surface area is 246 Å². The van der Waals surface area contributed by atoms with Crippen LogP contribution in [-0.2, 0) is 16.1 Å². The van der Waals surface area contributed by atoms with Crippen LogP contribution in [0.5, 0.6) is 0 Å². The molecule has 0 saturated carbocycles. The van der Waals surface area contributed by atoms with Crippen LogP contribution in [0.15, 0.2) is 72.9 Å². The molecule has 10 heteroatoms. The van der Waals surface area contributed by atoms with E-state index < -0.39 is 11.7 Å². The smallest absolute Gasteiger partial charge is 0.307 e. The SMILES string of the molecule is CCOC(=O)CCNC(=O)c1ccc(-c2cc(Cl)ccc2CNc2ccc(-c3ccc(Cl)cc3Cl)cc2F)cn1. The summed E-state index contributed by atoms with van der Waals surface area (Å²) in [6, 6.07) is 18.7. The Morgan fingerprint density at radius 2 is 1.65 bits per heavy atom. The van der Waals surface area contributed by atoms with Crippen molar-refractivity contribution in [3.05, 3.63) is 105 Å². The predicted octanol–water partition coefficient (Wildman–Crippen LogP) is 7.81. The average molecular weight is 601 g/mol. The second-order valence-electron chi connectivity index (χ2n) is 8.72. The fraction of sp³-hybridized carbons (Fsp3) is 0.167. The monoisotopic (exact) mass is 599 g/mol.